The van der Waals surface area contributed by atoms with Crippen LogP contribution in [0.1, 0.15) is 25.0 Å². The number of fused-ring (bicyclic) bond motifs is 5. The Balaban J connectivity index is 1.14. The third kappa shape index (κ3) is 3.43. The van der Waals surface area contributed by atoms with Crippen molar-refractivity contribution in [1.29, 1.82) is 0 Å². The van der Waals surface area contributed by atoms with Gasteiger partial charge in [0.2, 0.25) is 0 Å². The molecule has 45 heavy (non-hydrogen) atoms. The molecule has 1 aliphatic carbocycles. The fourth-order valence-electron chi connectivity index (χ4n) is 8.30. The summed E-state index contributed by atoms with van der Waals surface area (Å²) < 4.78 is 0. The van der Waals surface area contributed by atoms with Crippen molar-refractivity contribution in [3.05, 3.63) is 157 Å². The molecular weight excluding hydrogens is 540 g/mol. The molecule has 0 aromatic heterocycles. The molecule has 0 heterocycles. The number of hydrogen-bond donors (Lipinski definition) is 0. The zero-order valence-corrected chi connectivity index (χ0v) is 25.4. The van der Waals surface area contributed by atoms with Crippen molar-refractivity contribution in [2.45, 2.75) is 19.3 Å². The van der Waals surface area contributed by atoms with Gasteiger partial charge in [-0.25, -0.2) is 0 Å². The van der Waals surface area contributed by atoms with Crippen LogP contribution in [0.25, 0.3) is 87.2 Å². The number of hydrogen-bond acceptors (Lipinski definition) is 0. The smallest absolute Gasteiger partial charge is 0.0159 e. The van der Waals surface area contributed by atoms with Gasteiger partial charge < -0.3 is 0 Å². The van der Waals surface area contributed by atoms with Gasteiger partial charge in [0, 0.05) is 5.41 Å². The number of rotatable bonds is 2. The Kier molecular flexibility index (Phi) is 4.88. The van der Waals surface area contributed by atoms with Gasteiger partial charge in [-0.2, -0.15) is 0 Å². The molecule has 0 fully saturated rings. The summed E-state index contributed by atoms with van der Waals surface area (Å²) in [6.07, 6.45) is 0. The Labute approximate surface area is 262 Å². The van der Waals surface area contributed by atoms with Gasteiger partial charge in [-0.1, -0.05) is 129 Å². The van der Waals surface area contributed by atoms with E-state index in [0.29, 0.717) is 0 Å². The lowest BCUT2D eigenvalue weighted by atomic mass is 9.80. The zero-order chi connectivity index (χ0) is 29.9. The van der Waals surface area contributed by atoms with Crippen molar-refractivity contribution in [2.24, 2.45) is 0 Å². The van der Waals surface area contributed by atoms with Crippen LogP contribution in [0.2, 0.25) is 0 Å². The quantitative estimate of drug-likeness (QED) is 0.181. The van der Waals surface area contributed by atoms with Gasteiger partial charge in [-0.05, 0) is 129 Å². The van der Waals surface area contributed by atoms with E-state index < -0.39 is 0 Å². The van der Waals surface area contributed by atoms with Crippen molar-refractivity contribution in [3.8, 4) is 33.4 Å². The highest BCUT2D eigenvalue weighted by molar-refractivity contribution is 6.23. The van der Waals surface area contributed by atoms with Gasteiger partial charge in [-0.15, -0.1) is 0 Å². The van der Waals surface area contributed by atoms with Gasteiger partial charge in [0.05, 0.1) is 0 Å². The monoisotopic (exact) mass is 570 g/mol. The highest BCUT2D eigenvalue weighted by Gasteiger charge is 2.36. The van der Waals surface area contributed by atoms with Gasteiger partial charge in [0.1, 0.15) is 0 Å². The van der Waals surface area contributed by atoms with Crippen LogP contribution in [0.3, 0.4) is 0 Å². The van der Waals surface area contributed by atoms with Crippen molar-refractivity contribution in [2.75, 3.05) is 0 Å². The largest absolute Gasteiger partial charge is 0.0616 e. The van der Waals surface area contributed by atoms with E-state index in [1.807, 2.05) is 0 Å². The van der Waals surface area contributed by atoms with Crippen LogP contribution in [-0.2, 0) is 5.41 Å². The van der Waals surface area contributed by atoms with Crippen molar-refractivity contribution >= 4 is 53.9 Å². The van der Waals surface area contributed by atoms with Crippen LogP contribution in [0, 0.1) is 0 Å². The van der Waals surface area contributed by atoms with Crippen LogP contribution in [0.15, 0.2) is 146 Å². The lowest BCUT2D eigenvalue weighted by molar-refractivity contribution is 0.661. The van der Waals surface area contributed by atoms with E-state index in [9.17, 15) is 0 Å². The molecule has 0 saturated heterocycles. The Morgan fingerprint density at radius 1 is 0.333 bits per heavy atom. The highest BCUT2D eigenvalue weighted by Crippen LogP contribution is 2.52. The van der Waals surface area contributed by atoms with Crippen LogP contribution in [-0.4, -0.2) is 0 Å². The van der Waals surface area contributed by atoms with E-state index >= 15 is 0 Å². The maximum atomic E-state index is 2.48. The molecule has 0 nitrogen and oxygen atoms in total. The molecule has 10 rings (SSSR count). The minimum Gasteiger partial charge on any atom is -0.0616 e. The molecule has 9 aromatic rings. The minimum atomic E-state index is -0.114. The summed E-state index contributed by atoms with van der Waals surface area (Å²) in [4.78, 5) is 0. The second kappa shape index (κ2) is 8.80. The maximum Gasteiger partial charge on any atom is 0.0159 e. The predicted octanol–water partition coefficient (Wildman–Crippen LogP) is 12.5. The summed E-state index contributed by atoms with van der Waals surface area (Å²) in [5, 5.41) is 13.2. The third-order valence-corrected chi connectivity index (χ3v) is 10.6. The SMILES string of the molecule is CC1(C)c2cc(-c3cc4ccc5cccc6ccc(c3)c4c56)ccc2-c2cc3cccc(-c4cccc5ccccc45)c3cc21. The van der Waals surface area contributed by atoms with Gasteiger partial charge in [-0.3, -0.25) is 0 Å². The summed E-state index contributed by atoms with van der Waals surface area (Å²) in [6.45, 7) is 4.79. The molecular formula is C45H30. The first kappa shape index (κ1) is 24.9. The molecule has 1 aliphatic rings. The molecule has 0 aliphatic heterocycles. The molecule has 0 N–H and O–H groups in total. The Morgan fingerprint density at radius 2 is 0.911 bits per heavy atom. The summed E-state index contributed by atoms with van der Waals surface area (Å²) in [6, 6.07) is 54.7. The molecule has 0 atom stereocenters. The first-order valence-electron chi connectivity index (χ1n) is 15.9. The minimum absolute atomic E-state index is 0.114. The molecule has 0 bridgehead atoms. The molecule has 0 heteroatoms. The summed E-state index contributed by atoms with van der Waals surface area (Å²) in [5.74, 6) is 0. The van der Waals surface area contributed by atoms with E-state index in [0.717, 1.165) is 0 Å². The summed E-state index contributed by atoms with van der Waals surface area (Å²) >= 11 is 0. The first-order chi connectivity index (χ1) is 22.0. The second-order valence-corrected chi connectivity index (χ2v) is 13.3. The van der Waals surface area contributed by atoms with Crippen LogP contribution in [0.4, 0.5) is 0 Å². The molecule has 0 radical (unpaired) electrons. The molecule has 0 unspecified atom stereocenters. The average Bonchev–Trinajstić information content (AvgIpc) is 3.30. The average molecular weight is 571 g/mol. The van der Waals surface area contributed by atoms with E-state index in [-0.39, 0.29) is 5.41 Å². The normalized spacial score (nSPS) is 13.7. The van der Waals surface area contributed by atoms with E-state index in [1.165, 1.54) is 98.4 Å². The third-order valence-electron chi connectivity index (χ3n) is 10.6. The second-order valence-electron chi connectivity index (χ2n) is 13.3. The topological polar surface area (TPSA) is 0 Å². The molecule has 0 spiro atoms. The fraction of sp³-hybridized carbons (Fsp3) is 0.0667. The fourth-order valence-corrected chi connectivity index (χ4v) is 8.30. The van der Waals surface area contributed by atoms with Crippen molar-refractivity contribution in [3.63, 3.8) is 0 Å². The molecule has 0 amide bonds. The van der Waals surface area contributed by atoms with Gasteiger partial charge >= 0.3 is 0 Å². The highest BCUT2D eigenvalue weighted by atomic mass is 14.4. The van der Waals surface area contributed by atoms with E-state index in [2.05, 4.69) is 159 Å². The van der Waals surface area contributed by atoms with Crippen LogP contribution in [0.5, 0.6) is 0 Å². The Bertz CT molecular complexity index is 2600. The maximum absolute atomic E-state index is 2.48. The lowest BCUT2D eigenvalue weighted by Gasteiger charge is -2.23. The standard InChI is InChI=1S/C45H30/c1-45(2)41-25-30(34-22-32-18-16-28-10-5-11-29-17-19-33(23-34)44(32)43(28)29)20-21-38(41)40-24-31-12-7-15-37(39(31)26-42(40)45)36-14-6-9-27-8-3-4-13-35(27)36/h3-26H,1-2H3. The number of benzene rings is 9. The Morgan fingerprint density at radius 3 is 1.69 bits per heavy atom. The van der Waals surface area contributed by atoms with Crippen molar-refractivity contribution < 1.29 is 0 Å². The van der Waals surface area contributed by atoms with Crippen molar-refractivity contribution in [1.82, 2.24) is 0 Å². The van der Waals surface area contributed by atoms with E-state index in [4.69, 9.17) is 0 Å². The Hall–Kier alpha value is -5.46. The van der Waals surface area contributed by atoms with E-state index in [1.54, 1.807) is 0 Å². The predicted molar refractivity (Wildman–Crippen MR) is 194 cm³/mol. The van der Waals surface area contributed by atoms with Crippen LogP contribution >= 0.6 is 0 Å². The molecule has 0 saturated carbocycles. The molecule has 210 valence electrons. The zero-order valence-electron chi connectivity index (χ0n) is 25.4. The summed E-state index contributed by atoms with van der Waals surface area (Å²) in [7, 11) is 0. The van der Waals surface area contributed by atoms with Gasteiger partial charge in [0.15, 0.2) is 0 Å². The lowest BCUT2D eigenvalue weighted by Crippen LogP contribution is -2.15. The van der Waals surface area contributed by atoms with Crippen LogP contribution < -0.4 is 0 Å². The molecule has 9 aromatic carbocycles. The van der Waals surface area contributed by atoms with Gasteiger partial charge in [0.25, 0.3) is 0 Å². The first-order valence-corrected chi connectivity index (χ1v) is 15.9. The summed E-state index contributed by atoms with van der Waals surface area (Å²) in [5.41, 5.74) is 10.6.